The van der Waals surface area contributed by atoms with E-state index in [1.807, 2.05) is 0 Å². The standard InChI is InChI=1S/C21H29FN2O5/c22-16-3-1-14(2-4-16)20(26)23-10-7-17-5-6-18(19(13-25)29-17)24-21(27)15-8-11-28-12-9-15/h1-4,15,17-19,25H,5-13H2,(H,23,26)(H,24,27)/t17-,18-,19-/m0/s1. The monoisotopic (exact) mass is 408 g/mol. The Hall–Kier alpha value is -2.03. The second-order valence-corrected chi connectivity index (χ2v) is 7.61. The first kappa shape index (κ1) is 21.7. The van der Waals surface area contributed by atoms with E-state index >= 15 is 0 Å². The minimum atomic E-state index is -0.453. The molecule has 0 radical (unpaired) electrons. The number of hydrogen-bond acceptors (Lipinski definition) is 5. The van der Waals surface area contributed by atoms with Crippen molar-refractivity contribution < 1.29 is 28.6 Å². The molecule has 0 spiro atoms. The molecule has 8 heteroatoms. The van der Waals surface area contributed by atoms with Gasteiger partial charge in [-0.2, -0.15) is 0 Å². The Morgan fingerprint density at radius 2 is 1.83 bits per heavy atom. The van der Waals surface area contributed by atoms with E-state index in [0.717, 1.165) is 25.7 Å². The van der Waals surface area contributed by atoms with Crippen molar-refractivity contribution in [3.05, 3.63) is 35.6 Å². The molecule has 2 amide bonds. The van der Waals surface area contributed by atoms with Gasteiger partial charge in [-0.05, 0) is 56.4 Å². The molecule has 1 aromatic rings. The van der Waals surface area contributed by atoms with Crippen LogP contribution in [0.3, 0.4) is 0 Å². The zero-order chi connectivity index (χ0) is 20.6. The van der Waals surface area contributed by atoms with Gasteiger partial charge in [-0.1, -0.05) is 0 Å². The van der Waals surface area contributed by atoms with E-state index in [-0.39, 0.29) is 42.3 Å². The summed E-state index contributed by atoms with van der Waals surface area (Å²) in [5.74, 6) is -0.681. The summed E-state index contributed by atoms with van der Waals surface area (Å²) in [5.41, 5.74) is 0.403. The average molecular weight is 408 g/mol. The van der Waals surface area contributed by atoms with Gasteiger partial charge >= 0.3 is 0 Å². The number of benzene rings is 1. The van der Waals surface area contributed by atoms with Crippen LogP contribution in [0.1, 0.15) is 42.5 Å². The van der Waals surface area contributed by atoms with Crippen LogP contribution >= 0.6 is 0 Å². The summed E-state index contributed by atoms with van der Waals surface area (Å²) in [5, 5.41) is 15.5. The molecule has 0 aromatic heterocycles. The van der Waals surface area contributed by atoms with Crippen LogP contribution in [0.5, 0.6) is 0 Å². The fourth-order valence-corrected chi connectivity index (χ4v) is 3.82. The second-order valence-electron chi connectivity index (χ2n) is 7.61. The molecule has 160 valence electrons. The molecule has 2 saturated heterocycles. The molecular weight excluding hydrogens is 379 g/mol. The van der Waals surface area contributed by atoms with E-state index in [9.17, 15) is 19.1 Å². The largest absolute Gasteiger partial charge is 0.394 e. The fourth-order valence-electron chi connectivity index (χ4n) is 3.82. The maximum Gasteiger partial charge on any atom is 0.251 e. The van der Waals surface area contributed by atoms with E-state index < -0.39 is 6.10 Å². The summed E-state index contributed by atoms with van der Waals surface area (Å²) < 4.78 is 24.2. The molecule has 3 atom stereocenters. The molecule has 2 aliphatic rings. The summed E-state index contributed by atoms with van der Waals surface area (Å²) >= 11 is 0. The lowest BCUT2D eigenvalue weighted by molar-refractivity contribution is -0.134. The molecule has 2 aliphatic heterocycles. The molecule has 29 heavy (non-hydrogen) atoms. The van der Waals surface area contributed by atoms with Gasteiger partial charge in [0.05, 0.1) is 18.8 Å². The first-order chi connectivity index (χ1) is 14.1. The Bertz CT molecular complexity index is 678. The van der Waals surface area contributed by atoms with Crippen molar-refractivity contribution in [2.75, 3.05) is 26.4 Å². The second kappa shape index (κ2) is 10.7. The van der Waals surface area contributed by atoms with Crippen molar-refractivity contribution in [1.82, 2.24) is 10.6 Å². The summed E-state index contributed by atoms with van der Waals surface area (Å²) in [7, 11) is 0. The summed E-state index contributed by atoms with van der Waals surface area (Å²) in [6.07, 6.45) is 2.95. The zero-order valence-electron chi connectivity index (χ0n) is 16.4. The Labute approximate surface area is 170 Å². The van der Waals surface area contributed by atoms with Crippen LogP contribution in [0.4, 0.5) is 4.39 Å². The van der Waals surface area contributed by atoms with Crippen LogP contribution in [0.25, 0.3) is 0 Å². The van der Waals surface area contributed by atoms with Gasteiger partial charge in [0.25, 0.3) is 5.91 Å². The van der Waals surface area contributed by atoms with Crippen LogP contribution < -0.4 is 10.6 Å². The highest BCUT2D eigenvalue weighted by atomic mass is 19.1. The molecule has 0 unspecified atom stereocenters. The van der Waals surface area contributed by atoms with Crippen molar-refractivity contribution in [3.63, 3.8) is 0 Å². The van der Waals surface area contributed by atoms with Gasteiger partial charge in [-0.3, -0.25) is 9.59 Å². The van der Waals surface area contributed by atoms with E-state index in [4.69, 9.17) is 9.47 Å². The minimum absolute atomic E-state index is 0.00496. The van der Waals surface area contributed by atoms with Gasteiger partial charge in [-0.15, -0.1) is 0 Å². The Kier molecular flexibility index (Phi) is 7.97. The average Bonchev–Trinajstić information content (AvgIpc) is 2.75. The zero-order valence-corrected chi connectivity index (χ0v) is 16.4. The molecular formula is C21H29FN2O5. The van der Waals surface area contributed by atoms with Crippen LogP contribution in [0.15, 0.2) is 24.3 Å². The number of carbonyl (C=O) groups excluding carboxylic acids is 2. The van der Waals surface area contributed by atoms with Gasteiger partial charge in [0.15, 0.2) is 0 Å². The van der Waals surface area contributed by atoms with Gasteiger partial charge < -0.3 is 25.2 Å². The highest BCUT2D eigenvalue weighted by Crippen LogP contribution is 2.23. The normalized spacial score (nSPS) is 25.4. The lowest BCUT2D eigenvalue weighted by Gasteiger charge is -2.37. The molecule has 7 nitrogen and oxygen atoms in total. The van der Waals surface area contributed by atoms with Crippen molar-refractivity contribution in [2.45, 2.75) is 50.4 Å². The highest BCUT2D eigenvalue weighted by Gasteiger charge is 2.33. The van der Waals surface area contributed by atoms with E-state index in [2.05, 4.69) is 10.6 Å². The van der Waals surface area contributed by atoms with E-state index in [0.29, 0.717) is 31.7 Å². The third-order valence-corrected chi connectivity index (χ3v) is 5.57. The Morgan fingerprint density at radius 3 is 2.52 bits per heavy atom. The fraction of sp³-hybridized carbons (Fsp3) is 0.619. The smallest absolute Gasteiger partial charge is 0.251 e. The van der Waals surface area contributed by atoms with Crippen molar-refractivity contribution in [1.29, 1.82) is 0 Å². The summed E-state index contributed by atoms with van der Waals surface area (Å²) in [4.78, 5) is 24.5. The number of rotatable bonds is 7. The molecule has 2 heterocycles. The van der Waals surface area contributed by atoms with E-state index in [1.54, 1.807) is 0 Å². The molecule has 0 aliphatic carbocycles. The number of aliphatic hydroxyl groups excluding tert-OH is 1. The van der Waals surface area contributed by atoms with Crippen LogP contribution in [0.2, 0.25) is 0 Å². The molecule has 2 fully saturated rings. The van der Waals surface area contributed by atoms with Gasteiger partial charge in [0, 0.05) is 31.2 Å². The van der Waals surface area contributed by atoms with Crippen molar-refractivity contribution in [3.8, 4) is 0 Å². The highest BCUT2D eigenvalue weighted by molar-refractivity contribution is 5.94. The molecule has 3 rings (SSSR count). The maximum atomic E-state index is 12.9. The Morgan fingerprint density at radius 1 is 1.10 bits per heavy atom. The van der Waals surface area contributed by atoms with E-state index in [1.165, 1.54) is 24.3 Å². The quantitative estimate of drug-likeness (QED) is 0.634. The lowest BCUT2D eigenvalue weighted by atomic mass is 9.94. The van der Waals surface area contributed by atoms with Crippen LogP contribution in [0, 0.1) is 11.7 Å². The van der Waals surface area contributed by atoms with Crippen molar-refractivity contribution in [2.24, 2.45) is 5.92 Å². The number of aliphatic hydroxyl groups is 1. The third-order valence-electron chi connectivity index (χ3n) is 5.57. The number of carbonyl (C=O) groups is 2. The number of ether oxygens (including phenoxy) is 2. The first-order valence-corrected chi connectivity index (χ1v) is 10.2. The SMILES string of the molecule is O=C(NCC[C@@H]1CC[C@H](NC(=O)C2CCOCC2)[C@H](CO)O1)c1ccc(F)cc1. The van der Waals surface area contributed by atoms with Crippen LogP contribution in [-0.2, 0) is 14.3 Å². The molecule has 0 saturated carbocycles. The summed E-state index contributed by atoms with van der Waals surface area (Å²) in [6.45, 7) is 1.46. The predicted molar refractivity (Wildman–Crippen MR) is 104 cm³/mol. The molecule has 3 N–H and O–H groups in total. The first-order valence-electron chi connectivity index (χ1n) is 10.2. The summed E-state index contributed by atoms with van der Waals surface area (Å²) in [6, 6.07) is 5.17. The van der Waals surface area contributed by atoms with Gasteiger partial charge in [0.1, 0.15) is 11.9 Å². The number of nitrogens with one attached hydrogen (secondary N) is 2. The Balaban J connectivity index is 1.41. The molecule has 0 bridgehead atoms. The predicted octanol–water partition coefficient (Wildman–Crippen LogP) is 1.40. The number of halogens is 1. The molecule has 1 aromatic carbocycles. The van der Waals surface area contributed by atoms with Gasteiger partial charge in [-0.25, -0.2) is 4.39 Å². The maximum absolute atomic E-state index is 12.9. The number of amides is 2. The number of hydrogen-bond donors (Lipinski definition) is 3. The minimum Gasteiger partial charge on any atom is -0.394 e. The topological polar surface area (TPSA) is 96.9 Å². The third kappa shape index (κ3) is 6.22. The van der Waals surface area contributed by atoms with Crippen molar-refractivity contribution >= 4 is 11.8 Å². The van der Waals surface area contributed by atoms with Crippen LogP contribution in [-0.4, -0.2) is 61.5 Å². The lowest BCUT2D eigenvalue weighted by Crippen LogP contribution is -2.52. The van der Waals surface area contributed by atoms with Gasteiger partial charge in [0.2, 0.25) is 5.91 Å².